The quantitative estimate of drug-likeness (QED) is 0.645. The van der Waals surface area contributed by atoms with E-state index in [2.05, 4.69) is 4.98 Å². The van der Waals surface area contributed by atoms with Crippen molar-refractivity contribution in [2.24, 2.45) is 19.8 Å². The molecule has 0 aromatic carbocycles. The molecule has 3 N–H and O–H groups in total. The lowest BCUT2D eigenvalue weighted by molar-refractivity contribution is -0.138. The van der Waals surface area contributed by atoms with Crippen LogP contribution in [0.1, 0.15) is 5.69 Å². The van der Waals surface area contributed by atoms with Gasteiger partial charge in [0, 0.05) is 50.4 Å². The van der Waals surface area contributed by atoms with Crippen molar-refractivity contribution in [1.82, 2.24) is 18.5 Å². The fraction of sp³-hybridized carbons (Fsp3) is 0.250. The van der Waals surface area contributed by atoms with E-state index in [0.717, 1.165) is 4.57 Å². The maximum absolute atomic E-state index is 12.5. The Morgan fingerprint density at radius 3 is 2.62 bits per heavy atom. The molecule has 0 bridgehead atoms. The fourth-order valence-corrected chi connectivity index (χ4v) is 2.75. The average Bonchev–Trinajstić information content (AvgIpc) is 3.07. The molecule has 3 aromatic heterocycles. The smallest absolute Gasteiger partial charge is 0.330 e. The highest BCUT2D eigenvalue weighted by Gasteiger charge is 2.18. The zero-order chi connectivity index (χ0) is 18.3. The lowest BCUT2D eigenvalue weighted by Crippen LogP contribution is -2.37. The maximum Gasteiger partial charge on any atom is 0.330 e. The largest absolute Gasteiger partial charge is 0.480 e. The van der Waals surface area contributed by atoms with Gasteiger partial charge < -0.3 is 19.8 Å². The molecule has 0 amide bonds. The summed E-state index contributed by atoms with van der Waals surface area (Å²) in [5.74, 6) is -1.09. The molecule has 0 aliphatic rings. The number of aryl methyl sites for hydroxylation is 1. The molecule has 10 heteroatoms. The van der Waals surface area contributed by atoms with Gasteiger partial charge in [0.2, 0.25) is 0 Å². The van der Waals surface area contributed by atoms with Crippen LogP contribution >= 0.6 is 12.4 Å². The van der Waals surface area contributed by atoms with Crippen molar-refractivity contribution in [3.05, 3.63) is 57.3 Å². The third-order valence-electron chi connectivity index (χ3n) is 4.12. The minimum absolute atomic E-state index is 0. The maximum atomic E-state index is 12.5. The van der Waals surface area contributed by atoms with Crippen LogP contribution in [0.25, 0.3) is 16.8 Å². The number of carbonyl (C=O) groups is 1. The summed E-state index contributed by atoms with van der Waals surface area (Å²) >= 11 is 0. The summed E-state index contributed by atoms with van der Waals surface area (Å²) in [6.45, 7) is 0. The number of pyridine rings is 1. The number of carboxylic acid groups (broad SMARTS) is 1. The average molecular weight is 380 g/mol. The Balaban J connectivity index is 0.00000243. The van der Waals surface area contributed by atoms with E-state index in [1.54, 1.807) is 36.0 Å². The van der Waals surface area contributed by atoms with Crippen LogP contribution in [0.4, 0.5) is 0 Å². The zero-order valence-corrected chi connectivity index (χ0v) is 14.9. The number of hydrogen-bond acceptors (Lipinski definition) is 5. The summed E-state index contributed by atoms with van der Waals surface area (Å²) in [4.78, 5) is 39.6. The highest BCUT2D eigenvalue weighted by Crippen LogP contribution is 2.22. The molecule has 0 aliphatic carbocycles. The molecule has 3 heterocycles. The van der Waals surface area contributed by atoms with Gasteiger partial charge in [-0.1, -0.05) is 0 Å². The molecule has 0 spiro atoms. The Kier molecular flexibility index (Phi) is 5.33. The van der Waals surface area contributed by atoms with Crippen LogP contribution in [0.3, 0.4) is 0 Å². The summed E-state index contributed by atoms with van der Waals surface area (Å²) in [5, 5.41) is 9.00. The van der Waals surface area contributed by atoms with Gasteiger partial charge in [0.25, 0.3) is 5.56 Å². The Hall–Kier alpha value is -2.91. The minimum Gasteiger partial charge on any atom is -0.480 e. The van der Waals surface area contributed by atoms with Crippen LogP contribution in [-0.2, 0) is 25.3 Å². The molecule has 3 rings (SSSR count). The fourth-order valence-electron chi connectivity index (χ4n) is 2.75. The molecule has 26 heavy (non-hydrogen) atoms. The number of nitrogens with two attached hydrogens (primary N) is 1. The van der Waals surface area contributed by atoms with Gasteiger partial charge in [-0.15, -0.1) is 12.4 Å². The van der Waals surface area contributed by atoms with E-state index in [9.17, 15) is 14.4 Å². The molecular formula is C16H18ClN5O4. The van der Waals surface area contributed by atoms with E-state index < -0.39 is 23.3 Å². The Morgan fingerprint density at radius 2 is 1.96 bits per heavy atom. The van der Waals surface area contributed by atoms with E-state index in [1.807, 2.05) is 0 Å². The van der Waals surface area contributed by atoms with Gasteiger partial charge in [0.1, 0.15) is 11.7 Å². The normalized spacial score (nSPS) is 12.0. The van der Waals surface area contributed by atoms with Crippen molar-refractivity contribution >= 4 is 24.0 Å². The summed E-state index contributed by atoms with van der Waals surface area (Å²) in [6.07, 6.45) is 4.82. The van der Waals surface area contributed by atoms with Crippen LogP contribution in [-0.4, -0.2) is 35.6 Å². The number of hydrogen-bond donors (Lipinski definition) is 2. The van der Waals surface area contributed by atoms with Gasteiger partial charge in [-0.2, -0.15) is 0 Å². The van der Waals surface area contributed by atoms with E-state index >= 15 is 0 Å². The summed E-state index contributed by atoms with van der Waals surface area (Å²) in [5.41, 5.74) is 6.80. The van der Waals surface area contributed by atoms with E-state index in [-0.39, 0.29) is 18.8 Å². The highest BCUT2D eigenvalue weighted by atomic mass is 35.5. The number of nitrogens with zero attached hydrogens (tertiary/aromatic N) is 4. The molecule has 0 fully saturated rings. The number of carboxylic acids is 1. The van der Waals surface area contributed by atoms with Crippen molar-refractivity contribution in [3.63, 3.8) is 0 Å². The number of aromatic nitrogens is 4. The third-order valence-corrected chi connectivity index (χ3v) is 4.12. The van der Waals surface area contributed by atoms with Crippen LogP contribution in [0, 0.1) is 0 Å². The van der Waals surface area contributed by atoms with Gasteiger partial charge in [-0.25, -0.2) is 9.78 Å². The predicted octanol–water partition coefficient (Wildman–Crippen LogP) is -0.225. The first-order chi connectivity index (χ1) is 11.8. The van der Waals surface area contributed by atoms with Gasteiger partial charge in [-0.05, 0) is 12.1 Å². The molecule has 0 unspecified atom stereocenters. The number of halogens is 1. The first-order valence-corrected chi connectivity index (χ1v) is 7.51. The van der Waals surface area contributed by atoms with E-state index in [4.69, 9.17) is 10.8 Å². The molecule has 0 radical (unpaired) electrons. The second-order valence-electron chi connectivity index (χ2n) is 5.81. The summed E-state index contributed by atoms with van der Waals surface area (Å²) < 4.78 is 4.05. The van der Waals surface area contributed by atoms with Crippen molar-refractivity contribution in [3.8, 4) is 11.1 Å². The van der Waals surface area contributed by atoms with Crippen molar-refractivity contribution in [1.29, 1.82) is 0 Å². The summed E-state index contributed by atoms with van der Waals surface area (Å²) in [7, 11) is 2.98. The number of rotatable bonds is 4. The standard InChI is InChI=1S/C16H17N5O4.ClH/c1-19-8-11(14(22)20(2)16(19)25)10-4-3-9(7-12(17)15(23)24)21-6-5-18-13(10)21;/h3-6,8,12H,7,17H2,1-2H3,(H,23,24);1H/t12-;/m0./s1. The second-order valence-corrected chi connectivity index (χ2v) is 5.81. The third kappa shape index (κ3) is 3.14. The molecule has 9 nitrogen and oxygen atoms in total. The molecular weight excluding hydrogens is 362 g/mol. The van der Waals surface area contributed by atoms with Crippen LogP contribution < -0.4 is 17.0 Å². The Bertz CT molecular complexity index is 1100. The number of aliphatic carboxylic acids is 1. The number of fused-ring (bicyclic) bond motifs is 1. The lowest BCUT2D eigenvalue weighted by Gasteiger charge is -2.12. The molecule has 0 saturated carbocycles. The second kappa shape index (κ2) is 7.14. The van der Waals surface area contributed by atoms with E-state index in [1.165, 1.54) is 17.8 Å². The van der Waals surface area contributed by atoms with Crippen molar-refractivity contribution in [2.45, 2.75) is 12.5 Å². The number of imidazole rings is 1. The topological polar surface area (TPSA) is 125 Å². The van der Waals surface area contributed by atoms with Crippen molar-refractivity contribution < 1.29 is 9.90 Å². The van der Waals surface area contributed by atoms with Crippen LogP contribution in [0.15, 0.2) is 40.3 Å². The van der Waals surface area contributed by atoms with Gasteiger partial charge in [0.15, 0.2) is 0 Å². The molecule has 1 atom stereocenters. The van der Waals surface area contributed by atoms with Crippen LogP contribution in [0.2, 0.25) is 0 Å². The molecule has 3 aromatic rings. The SMILES string of the molecule is Cl.Cn1cc(-c2ccc(C[C@H](N)C(=O)O)n3ccnc23)c(=O)n(C)c1=O. The predicted molar refractivity (Wildman–Crippen MR) is 97.7 cm³/mol. The lowest BCUT2D eigenvalue weighted by atomic mass is 10.1. The zero-order valence-electron chi connectivity index (χ0n) is 14.1. The van der Waals surface area contributed by atoms with Crippen molar-refractivity contribution in [2.75, 3.05) is 0 Å². The van der Waals surface area contributed by atoms with Gasteiger partial charge in [0.05, 0.1) is 5.56 Å². The molecule has 0 saturated heterocycles. The van der Waals surface area contributed by atoms with Gasteiger partial charge in [-0.3, -0.25) is 14.2 Å². The minimum atomic E-state index is -1.09. The van der Waals surface area contributed by atoms with E-state index in [0.29, 0.717) is 22.5 Å². The Morgan fingerprint density at radius 1 is 1.27 bits per heavy atom. The molecule has 138 valence electrons. The first kappa shape index (κ1) is 19.4. The highest BCUT2D eigenvalue weighted by molar-refractivity contribution is 5.85. The summed E-state index contributed by atoms with van der Waals surface area (Å²) in [6, 6.07) is 2.35. The first-order valence-electron chi connectivity index (χ1n) is 7.51. The Labute approximate surface area is 153 Å². The van der Waals surface area contributed by atoms with Crippen LogP contribution in [0.5, 0.6) is 0 Å². The van der Waals surface area contributed by atoms with Gasteiger partial charge >= 0.3 is 11.7 Å². The molecule has 0 aliphatic heterocycles. The monoisotopic (exact) mass is 379 g/mol.